The first kappa shape index (κ1) is 56.4. The second-order valence-corrected chi connectivity index (χ2v) is 35.1. The third-order valence-electron chi connectivity index (χ3n) is 21.9. The van der Waals surface area contributed by atoms with Gasteiger partial charge in [0.2, 0.25) is 0 Å². The van der Waals surface area contributed by atoms with E-state index in [9.17, 15) is 8.22 Å². The fourth-order valence-corrected chi connectivity index (χ4v) is 16.1. The molecule has 0 saturated carbocycles. The SMILES string of the molecule is [2H]c1c([2H])c([2H])c2c(c1[2H])c1c([2H])c([2H])c([2H])c([2H])c1n2-c1ccc2c(c1)N(c1cc(C(C)(C)C)cc(C(C)(C)C)c1)c1cc(-n3c4ccc(C(C)(C)C)cc4c4cc(C(C)(C)C)ccc43)cc3c1B2c1ccc(-n2c4ccccc4c4cc(-c5ccccc5)ccc42)cc1N3c1cc(C(C)(C)C)cc(C(C)(C)C)c1. The summed E-state index contributed by atoms with van der Waals surface area (Å²) < 4.78 is 82.0. The third-order valence-corrected chi connectivity index (χ3v) is 21.9. The van der Waals surface area contributed by atoms with Gasteiger partial charge >= 0.3 is 0 Å². The first-order chi connectivity index (χ1) is 51.7. The van der Waals surface area contributed by atoms with Gasteiger partial charge in [0.05, 0.1) is 49.8 Å². The maximum absolute atomic E-state index is 9.83. The van der Waals surface area contributed by atoms with Crippen molar-refractivity contribution in [3.63, 3.8) is 0 Å². The molecule has 15 aromatic rings. The molecule has 2 aliphatic heterocycles. The highest BCUT2D eigenvalue weighted by molar-refractivity contribution is 7.00. The van der Waals surface area contributed by atoms with Crippen molar-refractivity contribution in [3.8, 4) is 28.2 Å². The number of hydrogen-bond donors (Lipinski definition) is 0. The molecule has 0 unspecified atom stereocenters. The van der Waals surface area contributed by atoms with Gasteiger partial charge in [-0.2, -0.15) is 0 Å². The molecule has 0 fully saturated rings. The van der Waals surface area contributed by atoms with Gasteiger partial charge in [-0.25, -0.2) is 0 Å². The molecule has 506 valence electrons. The molecule has 102 heavy (non-hydrogen) atoms. The van der Waals surface area contributed by atoms with Gasteiger partial charge in [-0.15, -0.1) is 0 Å². The Morgan fingerprint density at radius 3 is 1.08 bits per heavy atom. The maximum atomic E-state index is 9.83. The Labute approximate surface area is 615 Å². The van der Waals surface area contributed by atoms with E-state index in [-0.39, 0.29) is 78.5 Å². The van der Waals surface area contributed by atoms with Gasteiger partial charge in [-0.05, 0) is 209 Å². The Morgan fingerprint density at radius 1 is 0.255 bits per heavy atom. The molecule has 17 rings (SSSR count). The van der Waals surface area contributed by atoms with Gasteiger partial charge in [-0.3, -0.25) is 0 Å². The predicted molar refractivity (Wildman–Crippen MR) is 441 cm³/mol. The van der Waals surface area contributed by atoms with E-state index in [1.54, 1.807) is 4.57 Å². The summed E-state index contributed by atoms with van der Waals surface area (Å²) in [6.07, 6.45) is 0. The molecule has 0 saturated heterocycles. The van der Waals surface area contributed by atoms with Crippen molar-refractivity contribution >= 4 is 123 Å². The maximum Gasteiger partial charge on any atom is 0.252 e. The molecule has 2 aliphatic rings. The Bertz CT molecular complexity index is 6260. The van der Waals surface area contributed by atoms with Crippen LogP contribution in [0, 0.1) is 0 Å². The zero-order valence-corrected chi connectivity index (χ0v) is 62.3. The number of rotatable bonds is 6. The molecule has 0 bridgehead atoms. The van der Waals surface area contributed by atoms with Crippen LogP contribution < -0.4 is 26.2 Å². The quantitative estimate of drug-likeness (QED) is 0.155. The lowest BCUT2D eigenvalue weighted by Crippen LogP contribution is -2.61. The van der Waals surface area contributed by atoms with Gasteiger partial charge in [0.15, 0.2) is 0 Å². The molecule has 12 aromatic carbocycles. The fraction of sp³-hybridized carbons (Fsp3) is 0.250. The van der Waals surface area contributed by atoms with Gasteiger partial charge < -0.3 is 23.5 Å². The largest absolute Gasteiger partial charge is 0.311 e. The second kappa shape index (κ2) is 22.6. The molecular weight excluding hydrogens is 1230 g/mol. The van der Waals surface area contributed by atoms with Crippen molar-refractivity contribution in [1.29, 1.82) is 0 Å². The first-order valence-corrected chi connectivity index (χ1v) is 36.3. The number of fused-ring (bicyclic) bond motifs is 13. The molecule has 0 N–H and O–H groups in total. The van der Waals surface area contributed by atoms with Crippen LogP contribution in [-0.4, -0.2) is 20.4 Å². The summed E-state index contributed by atoms with van der Waals surface area (Å²) in [6, 6.07) is 69.5. The van der Waals surface area contributed by atoms with Crippen LogP contribution in [0.2, 0.25) is 0 Å². The summed E-state index contributed by atoms with van der Waals surface area (Å²) >= 11 is 0. The standard InChI is InChI=1S/C96H94BN5/c1-91(2,3)61-37-44-84-76(53-61)77-54-62(92(4,5)6)38-45-85(77)100(84)71-57-88-90-89(58-71)102(70-51-65(95(13,14)15)48-66(52-70)96(16,17)18)87-56-68(99-82-35-27-24-32-74(82)75-46-60(36-43-83(75)99)59-28-20-19-21-29-59)40-42-79(87)97(90)78-41-39-67(98-80-33-25-22-30-72(80)73-31-23-26-34-81(73)98)55-86(78)101(88)69-49-63(93(7,8)9)47-64(50-69)94(10,11)12/h19-58H,1-18H3/i22D,23D,25D,26D,30D,31D,33D,34D. The van der Waals surface area contributed by atoms with E-state index < -0.39 is 30.9 Å². The highest BCUT2D eigenvalue weighted by Crippen LogP contribution is 2.51. The van der Waals surface area contributed by atoms with E-state index in [1.807, 2.05) is 6.07 Å². The van der Waals surface area contributed by atoms with E-state index in [0.29, 0.717) is 5.69 Å². The van der Waals surface area contributed by atoms with Crippen LogP contribution in [0.4, 0.5) is 34.1 Å². The van der Waals surface area contributed by atoms with Crippen LogP contribution in [0.15, 0.2) is 242 Å². The lowest BCUT2D eigenvalue weighted by atomic mass is 9.33. The molecule has 0 spiro atoms. The molecule has 5 nitrogen and oxygen atoms in total. The van der Waals surface area contributed by atoms with E-state index >= 15 is 0 Å². The van der Waals surface area contributed by atoms with Crippen LogP contribution in [0.25, 0.3) is 93.6 Å². The van der Waals surface area contributed by atoms with E-state index in [2.05, 4.69) is 332 Å². The van der Waals surface area contributed by atoms with Gasteiger partial charge in [-0.1, -0.05) is 252 Å². The molecule has 0 atom stereocenters. The molecule has 3 aromatic heterocycles. The lowest BCUT2D eigenvalue weighted by Gasteiger charge is -2.45. The molecular formula is C96H94BN5. The van der Waals surface area contributed by atoms with Crippen molar-refractivity contribution in [1.82, 2.24) is 13.7 Å². The van der Waals surface area contributed by atoms with Crippen LogP contribution in [0.5, 0.6) is 0 Å². The summed E-state index contributed by atoms with van der Waals surface area (Å²) in [5, 5.41) is 4.66. The average molecular weight is 1340 g/mol. The number of nitrogens with zero attached hydrogens (tertiary/aromatic N) is 5. The smallest absolute Gasteiger partial charge is 0.252 e. The number of benzene rings is 12. The highest BCUT2D eigenvalue weighted by atomic mass is 15.2. The fourth-order valence-electron chi connectivity index (χ4n) is 16.1. The Morgan fingerprint density at radius 2 is 0.627 bits per heavy atom. The normalized spacial score (nSPS) is 14.8. The highest BCUT2D eigenvalue weighted by Gasteiger charge is 2.45. The molecule has 6 heteroatoms. The zero-order valence-electron chi connectivity index (χ0n) is 70.3. The number of para-hydroxylation sites is 3. The molecule has 0 aliphatic carbocycles. The topological polar surface area (TPSA) is 21.3 Å². The van der Waals surface area contributed by atoms with Gasteiger partial charge in [0.1, 0.15) is 0 Å². The van der Waals surface area contributed by atoms with Gasteiger partial charge in [0, 0.05) is 77.8 Å². The molecule has 5 heterocycles. The van der Waals surface area contributed by atoms with Crippen molar-refractivity contribution < 1.29 is 11.0 Å². The average Bonchev–Trinajstić information content (AvgIpc) is 0.926. The van der Waals surface area contributed by atoms with Crippen LogP contribution in [-0.2, 0) is 32.5 Å². The van der Waals surface area contributed by atoms with Crippen molar-refractivity contribution in [2.24, 2.45) is 0 Å². The van der Waals surface area contributed by atoms with Crippen molar-refractivity contribution in [2.45, 2.75) is 157 Å². The van der Waals surface area contributed by atoms with Crippen molar-refractivity contribution in [2.75, 3.05) is 9.80 Å². The summed E-state index contributed by atoms with van der Waals surface area (Å²) in [5.41, 5.74) is 23.5. The minimum atomic E-state index is -0.488. The second-order valence-electron chi connectivity index (χ2n) is 35.1. The van der Waals surface area contributed by atoms with E-state index in [1.165, 1.54) is 22.3 Å². The monoisotopic (exact) mass is 1340 g/mol. The first-order valence-electron chi connectivity index (χ1n) is 40.3. The van der Waals surface area contributed by atoms with E-state index in [0.717, 1.165) is 128 Å². The van der Waals surface area contributed by atoms with E-state index in [4.69, 9.17) is 2.74 Å². The molecule has 0 amide bonds. The zero-order chi connectivity index (χ0) is 78.2. The number of hydrogen-bond acceptors (Lipinski definition) is 2. The lowest BCUT2D eigenvalue weighted by molar-refractivity contribution is 0.568. The van der Waals surface area contributed by atoms with Crippen molar-refractivity contribution in [3.05, 3.63) is 276 Å². The summed E-state index contributed by atoms with van der Waals surface area (Å²) in [4.78, 5) is 5.02. The van der Waals surface area contributed by atoms with Crippen LogP contribution in [0.1, 0.15) is 169 Å². The summed E-state index contributed by atoms with van der Waals surface area (Å²) in [6.45, 7) is 40.8. The minimum absolute atomic E-state index is 0.0254. The predicted octanol–water partition coefficient (Wildman–Crippen LogP) is 24.5. The van der Waals surface area contributed by atoms with Gasteiger partial charge in [0.25, 0.3) is 6.71 Å². The summed E-state index contributed by atoms with van der Waals surface area (Å²) in [5.74, 6) is 0. The Hall–Kier alpha value is -10.3. The van der Waals surface area contributed by atoms with Crippen LogP contribution >= 0.6 is 0 Å². The Kier molecular flexibility index (Phi) is 12.5. The number of anilines is 6. The third kappa shape index (κ3) is 10.5. The Balaban J connectivity index is 1.07. The summed E-state index contributed by atoms with van der Waals surface area (Å²) in [7, 11) is 0. The molecule has 0 radical (unpaired) electrons. The van der Waals surface area contributed by atoms with Crippen LogP contribution in [0.3, 0.4) is 0 Å². The number of aromatic nitrogens is 3. The minimum Gasteiger partial charge on any atom is -0.311 e.